The number of anilines is 2. The van der Waals surface area contributed by atoms with Crippen molar-refractivity contribution >= 4 is 23.2 Å². The van der Waals surface area contributed by atoms with Crippen LogP contribution in [0.1, 0.15) is 24.5 Å². The molecule has 1 saturated heterocycles. The Bertz CT molecular complexity index is 735. The van der Waals surface area contributed by atoms with Crippen molar-refractivity contribution in [3.05, 3.63) is 59.7 Å². The molecule has 0 aromatic heterocycles. The molecule has 2 amide bonds. The summed E-state index contributed by atoms with van der Waals surface area (Å²) in [4.78, 5) is 26.7. The summed E-state index contributed by atoms with van der Waals surface area (Å²) < 4.78 is 0. The first-order chi connectivity index (χ1) is 11.6. The molecule has 1 aliphatic heterocycles. The molecule has 0 saturated carbocycles. The first kappa shape index (κ1) is 16.2. The zero-order chi connectivity index (χ0) is 17.1. The van der Waals surface area contributed by atoms with E-state index in [0.717, 1.165) is 23.4 Å². The minimum atomic E-state index is -0.614. The second-order valence-corrected chi connectivity index (χ2v) is 6.21. The second kappa shape index (κ2) is 6.87. The normalized spacial score (nSPS) is 17.2. The van der Waals surface area contributed by atoms with Gasteiger partial charge in [-0.25, -0.2) is 0 Å². The van der Waals surface area contributed by atoms with Gasteiger partial charge in [-0.1, -0.05) is 36.8 Å². The van der Waals surface area contributed by atoms with E-state index in [9.17, 15) is 9.59 Å². The first-order valence-electron chi connectivity index (χ1n) is 8.36. The maximum Gasteiger partial charge on any atom is 0.239 e. The van der Waals surface area contributed by atoms with E-state index in [-0.39, 0.29) is 11.8 Å². The quantitative estimate of drug-likeness (QED) is 0.875. The third-order valence-electron chi connectivity index (χ3n) is 4.50. The second-order valence-electron chi connectivity index (χ2n) is 6.21. The highest BCUT2D eigenvalue weighted by molar-refractivity contribution is 6.13. The van der Waals surface area contributed by atoms with Crippen molar-refractivity contribution in [2.45, 2.75) is 26.7 Å². The number of amides is 2. The van der Waals surface area contributed by atoms with E-state index in [2.05, 4.69) is 12.2 Å². The summed E-state index contributed by atoms with van der Waals surface area (Å²) in [5, 5.41) is 2.85. The van der Waals surface area contributed by atoms with Crippen LogP contribution in [-0.4, -0.2) is 18.4 Å². The van der Waals surface area contributed by atoms with Gasteiger partial charge in [0.05, 0.1) is 0 Å². The van der Waals surface area contributed by atoms with Gasteiger partial charge in [0.25, 0.3) is 0 Å². The van der Waals surface area contributed by atoms with Crippen LogP contribution in [0.3, 0.4) is 0 Å². The summed E-state index contributed by atoms with van der Waals surface area (Å²) in [6.07, 6.45) is 1.52. The van der Waals surface area contributed by atoms with Gasteiger partial charge in [0.1, 0.15) is 5.92 Å². The average molecular weight is 322 g/mol. The molecular formula is C20H22N2O2. The zero-order valence-electron chi connectivity index (χ0n) is 14.1. The molecule has 24 heavy (non-hydrogen) atoms. The smallest absolute Gasteiger partial charge is 0.239 e. The number of hydrogen-bond acceptors (Lipinski definition) is 2. The summed E-state index contributed by atoms with van der Waals surface area (Å²) in [6.45, 7) is 4.67. The van der Waals surface area contributed by atoms with Crippen molar-refractivity contribution in [2.24, 2.45) is 5.92 Å². The van der Waals surface area contributed by atoms with Crippen LogP contribution >= 0.6 is 0 Å². The van der Waals surface area contributed by atoms with Gasteiger partial charge >= 0.3 is 0 Å². The van der Waals surface area contributed by atoms with Crippen molar-refractivity contribution < 1.29 is 9.59 Å². The molecule has 0 aliphatic carbocycles. The Morgan fingerprint density at radius 2 is 1.79 bits per heavy atom. The molecule has 0 bridgehead atoms. The Balaban J connectivity index is 1.68. The fourth-order valence-corrected chi connectivity index (χ4v) is 2.96. The minimum absolute atomic E-state index is 0.121. The molecule has 0 spiro atoms. The lowest BCUT2D eigenvalue weighted by Crippen LogP contribution is -2.33. The maximum absolute atomic E-state index is 12.6. The highest BCUT2D eigenvalue weighted by Crippen LogP contribution is 2.26. The molecule has 1 atom stereocenters. The summed E-state index contributed by atoms with van der Waals surface area (Å²) in [5.41, 5.74) is 3.96. The summed E-state index contributed by atoms with van der Waals surface area (Å²) in [7, 11) is 0. The van der Waals surface area contributed by atoms with Gasteiger partial charge in [-0.05, 0) is 49.6 Å². The number of benzene rings is 2. The summed E-state index contributed by atoms with van der Waals surface area (Å²) in [6, 6.07) is 15.6. The molecule has 1 aliphatic rings. The van der Waals surface area contributed by atoms with Crippen LogP contribution in [0.2, 0.25) is 0 Å². The van der Waals surface area contributed by atoms with Gasteiger partial charge in [-0.3, -0.25) is 9.59 Å². The Kier molecular flexibility index (Phi) is 4.65. The SMILES string of the molecule is CCc1ccc(N2CC[C@H](C(=O)Nc3ccc(C)cc3)C2=O)cc1. The molecule has 3 rings (SSSR count). The number of nitrogens with zero attached hydrogens (tertiary/aromatic N) is 1. The molecule has 0 unspecified atom stereocenters. The highest BCUT2D eigenvalue weighted by Gasteiger charge is 2.37. The van der Waals surface area contributed by atoms with Crippen LogP contribution < -0.4 is 10.2 Å². The fourth-order valence-electron chi connectivity index (χ4n) is 2.96. The van der Waals surface area contributed by atoms with Gasteiger partial charge in [0.2, 0.25) is 11.8 Å². The number of carbonyl (C=O) groups excluding carboxylic acids is 2. The monoisotopic (exact) mass is 322 g/mol. The Hall–Kier alpha value is -2.62. The molecule has 4 nitrogen and oxygen atoms in total. The van der Waals surface area contributed by atoms with Gasteiger partial charge in [0, 0.05) is 17.9 Å². The van der Waals surface area contributed by atoms with Crippen LogP contribution in [0.5, 0.6) is 0 Å². The van der Waals surface area contributed by atoms with E-state index >= 15 is 0 Å². The van der Waals surface area contributed by atoms with Crippen LogP contribution in [-0.2, 0) is 16.0 Å². The molecule has 1 heterocycles. The van der Waals surface area contributed by atoms with Gasteiger partial charge in [-0.2, -0.15) is 0 Å². The minimum Gasteiger partial charge on any atom is -0.325 e. The number of rotatable bonds is 4. The Morgan fingerprint density at radius 3 is 2.42 bits per heavy atom. The van der Waals surface area contributed by atoms with E-state index in [0.29, 0.717) is 13.0 Å². The standard InChI is InChI=1S/C20H22N2O2/c1-3-15-6-10-17(11-7-15)22-13-12-18(20(22)24)19(23)21-16-8-4-14(2)5-9-16/h4-11,18H,3,12-13H2,1-2H3,(H,21,23)/t18-/m1/s1. The van der Waals surface area contributed by atoms with Crippen LogP contribution in [0.15, 0.2) is 48.5 Å². The van der Waals surface area contributed by atoms with Crippen LogP contribution in [0.4, 0.5) is 11.4 Å². The number of nitrogens with one attached hydrogen (secondary N) is 1. The van der Waals surface area contributed by atoms with E-state index in [1.807, 2.05) is 55.5 Å². The highest BCUT2D eigenvalue weighted by atomic mass is 16.2. The molecule has 2 aromatic rings. The van der Waals surface area contributed by atoms with Gasteiger partial charge in [0.15, 0.2) is 0 Å². The average Bonchev–Trinajstić information content (AvgIpc) is 2.98. The van der Waals surface area contributed by atoms with Crippen LogP contribution in [0.25, 0.3) is 0 Å². The van der Waals surface area contributed by atoms with Crippen LogP contribution in [0, 0.1) is 12.8 Å². The maximum atomic E-state index is 12.6. The van der Waals surface area contributed by atoms with Crippen molar-refractivity contribution in [2.75, 3.05) is 16.8 Å². The van der Waals surface area contributed by atoms with Gasteiger partial charge < -0.3 is 10.2 Å². The summed E-state index contributed by atoms with van der Waals surface area (Å²) >= 11 is 0. The Labute approximate surface area is 142 Å². The van der Waals surface area contributed by atoms with Crippen molar-refractivity contribution in [3.8, 4) is 0 Å². The van der Waals surface area contributed by atoms with E-state index < -0.39 is 5.92 Å². The molecule has 0 radical (unpaired) electrons. The number of aryl methyl sites for hydroxylation is 2. The fraction of sp³-hybridized carbons (Fsp3) is 0.300. The molecule has 2 aromatic carbocycles. The topological polar surface area (TPSA) is 49.4 Å². The predicted octanol–water partition coefficient (Wildman–Crippen LogP) is 3.55. The Morgan fingerprint density at radius 1 is 1.12 bits per heavy atom. The lowest BCUT2D eigenvalue weighted by molar-refractivity contribution is -0.129. The van der Waals surface area contributed by atoms with Crippen molar-refractivity contribution in [3.63, 3.8) is 0 Å². The molecule has 1 fully saturated rings. The van der Waals surface area contributed by atoms with Crippen molar-refractivity contribution in [1.29, 1.82) is 0 Å². The first-order valence-corrected chi connectivity index (χ1v) is 8.36. The zero-order valence-corrected chi connectivity index (χ0v) is 14.1. The number of carbonyl (C=O) groups is 2. The molecule has 1 N–H and O–H groups in total. The third kappa shape index (κ3) is 3.32. The number of hydrogen-bond donors (Lipinski definition) is 1. The predicted molar refractivity (Wildman–Crippen MR) is 96.1 cm³/mol. The van der Waals surface area contributed by atoms with E-state index in [4.69, 9.17) is 0 Å². The molecule has 4 heteroatoms. The van der Waals surface area contributed by atoms with E-state index in [1.165, 1.54) is 5.56 Å². The van der Waals surface area contributed by atoms with Crippen molar-refractivity contribution in [1.82, 2.24) is 0 Å². The lowest BCUT2D eigenvalue weighted by Gasteiger charge is -2.17. The third-order valence-corrected chi connectivity index (χ3v) is 4.50. The van der Waals surface area contributed by atoms with E-state index in [1.54, 1.807) is 4.90 Å². The molecule has 124 valence electrons. The largest absolute Gasteiger partial charge is 0.325 e. The molecular weight excluding hydrogens is 300 g/mol. The lowest BCUT2D eigenvalue weighted by atomic mass is 10.1. The van der Waals surface area contributed by atoms with Gasteiger partial charge in [-0.15, -0.1) is 0 Å². The summed E-state index contributed by atoms with van der Waals surface area (Å²) in [5.74, 6) is -0.961.